The summed E-state index contributed by atoms with van der Waals surface area (Å²) >= 11 is 0. The number of fused-ring (bicyclic) bond motifs is 1. The summed E-state index contributed by atoms with van der Waals surface area (Å²) in [6, 6.07) is 13.1. The summed E-state index contributed by atoms with van der Waals surface area (Å²) in [5.74, 6) is -0.288. The average molecular weight is 425 g/mol. The number of benzene rings is 2. The maximum Gasteiger partial charge on any atom is 0.315 e. The second-order valence-electron chi connectivity index (χ2n) is 8.26. The summed E-state index contributed by atoms with van der Waals surface area (Å²) in [6.45, 7) is 5.13. The van der Waals surface area contributed by atoms with Crippen LogP contribution >= 0.6 is 0 Å². The lowest BCUT2D eigenvalue weighted by Crippen LogP contribution is -2.43. The van der Waals surface area contributed by atoms with E-state index in [1.807, 2.05) is 51.0 Å². The number of rotatable bonds is 7. The Labute approximate surface area is 181 Å². The van der Waals surface area contributed by atoms with Gasteiger partial charge < -0.3 is 20.5 Å². The molecule has 0 spiro atoms. The molecule has 2 aromatic carbocycles. The van der Waals surface area contributed by atoms with E-state index in [4.69, 9.17) is 0 Å². The number of carbonyl (C=O) groups excluding carboxylic acids is 1. The quantitative estimate of drug-likeness (QED) is 0.539. The van der Waals surface area contributed by atoms with Crippen LogP contribution in [0.5, 0.6) is 0 Å². The van der Waals surface area contributed by atoms with Crippen LogP contribution in [0.4, 0.5) is 9.18 Å². The number of urea groups is 1. The number of pyridine rings is 1. The van der Waals surface area contributed by atoms with Crippen LogP contribution in [0.2, 0.25) is 0 Å². The van der Waals surface area contributed by atoms with Crippen molar-refractivity contribution in [2.75, 3.05) is 27.2 Å². The van der Waals surface area contributed by atoms with Crippen LogP contribution in [0.15, 0.2) is 53.3 Å². The molecule has 6 nitrogen and oxygen atoms in total. The molecule has 0 fully saturated rings. The third-order valence-corrected chi connectivity index (χ3v) is 5.21. The molecule has 0 aliphatic rings. The Bertz CT molecular complexity index is 1120. The van der Waals surface area contributed by atoms with E-state index >= 15 is 0 Å². The van der Waals surface area contributed by atoms with Crippen molar-refractivity contribution in [1.29, 1.82) is 0 Å². The number of aromatic nitrogens is 1. The molecule has 3 N–H and O–H groups in total. The molecule has 0 radical (unpaired) electrons. The van der Waals surface area contributed by atoms with Gasteiger partial charge in [0, 0.05) is 29.7 Å². The Balaban J connectivity index is 1.83. The summed E-state index contributed by atoms with van der Waals surface area (Å²) in [5.41, 5.74) is 1.51. The van der Waals surface area contributed by atoms with Crippen molar-refractivity contribution in [3.05, 3.63) is 70.3 Å². The molecule has 1 heterocycles. The van der Waals surface area contributed by atoms with Crippen molar-refractivity contribution >= 4 is 16.8 Å². The minimum atomic E-state index is -0.439. The van der Waals surface area contributed by atoms with Gasteiger partial charge in [-0.1, -0.05) is 38.1 Å². The highest BCUT2D eigenvalue weighted by atomic mass is 19.1. The van der Waals surface area contributed by atoms with Crippen molar-refractivity contribution in [2.45, 2.75) is 19.9 Å². The first-order valence-electron chi connectivity index (χ1n) is 10.4. The maximum atomic E-state index is 14.2. The van der Waals surface area contributed by atoms with Gasteiger partial charge >= 0.3 is 6.03 Å². The topological polar surface area (TPSA) is 77.2 Å². The van der Waals surface area contributed by atoms with Crippen LogP contribution < -0.4 is 16.2 Å². The highest BCUT2D eigenvalue weighted by Gasteiger charge is 2.21. The summed E-state index contributed by atoms with van der Waals surface area (Å²) in [5, 5.41) is 7.01. The Morgan fingerprint density at radius 3 is 2.58 bits per heavy atom. The number of amides is 2. The lowest BCUT2D eigenvalue weighted by atomic mass is 9.96. The van der Waals surface area contributed by atoms with E-state index in [1.54, 1.807) is 24.3 Å². The van der Waals surface area contributed by atoms with Gasteiger partial charge in [0.15, 0.2) is 0 Å². The normalized spacial score (nSPS) is 12.4. The molecule has 2 amide bonds. The van der Waals surface area contributed by atoms with Gasteiger partial charge in [0.05, 0.1) is 6.04 Å². The van der Waals surface area contributed by atoms with E-state index in [1.165, 1.54) is 6.07 Å². The van der Waals surface area contributed by atoms with Crippen LogP contribution in [-0.2, 0) is 0 Å². The molecule has 0 saturated heterocycles. The van der Waals surface area contributed by atoms with Crippen molar-refractivity contribution in [2.24, 2.45) is 5.92 Å². The van der Waals surface area contributed by atoms with Crippen molar-refractivity contribution in [3.8, 4) is 11.3 Å². The number of likely N-dealkylation sites (N-methyl/N-ethyl adjacent to an activating group) is 1. The van der Waals surface area contributed by atoms with Crippen LogP contribution in [0.1, 0.15) is 25.5 Å². The van der Waals surface area contributed by atoms with E-state index in [0.717, 1.165) is 17.5 Å². The van der Waals surface area contributed by atoms with E-state index in [-0.39, 0.29) is 23.3 Å². The largest absolute Gasteiger partial charge is 0.337 e. The van der Waals surface area contributed by atoms with Crippen molar-refractivity contribution in [1.82, 2.24) is 20.5 Å². The molecule has 7 heteroatoms. The SMILES string of the molecule is CC(C)C(NC(=O)NCCN(C)C)c1ccc(-c2ccc3cccc(F)c3c2)[nH]c1=O. The summed E-state index contributed by atoms with van der Waals surface area (Å²) < 4.78 is 14.2. The second-order valence-corrected chi connectivity index (χ2v) is 8.26. The number of nitrogens with zero attached hydrogens (tertiary/aromatic N) is 1. The molecule has 0 aliphatic carbocycles. The maximum absolute atomic E-state index is 14.2. The average Bonchev–Trinajstić information content (AvgIpc) is 2.72. The van der Waals surface area contributed by atoms with Crippen LogP contribution in [-0.4, -0.2) is 43.1 Å². The zero-order valence-electron chi connectivity index (χ0n) is 18.3. The molecule has 1 unspecified atom stereocenters. The monoisotopic (exact) mass is 424 g/mol. The van der Waals surface area contributed by atoms with Gasteiger partial charge in [-0.25, -0.2) is 9.18 Å². The number of aromatic amines is 1. The number of halogens is 1. The van der Waals surface area contributed by atoms with Crippen molar-refractivity contribution < 1.29 is 9.18 Å². The van der Waals surface area contributed by atoms with Gasteiger partial charge in [-0.05, 0) is 55.2 Å². The van der Waals surface area contributed by atoms with Crippen molar-refractivity contribution in [3.63, 3.8) is 0 Å². The zero-order valence-corrected chi connectivity index (χ0v) is 18.3. The lowest BCUT2D eigenvalue weighted by molar-refractivity contribution is 0.231. The summed E-state index contributed by atoms with van der Waals surface area (Å²) in [7, 11) is 3.86. The minimum absolute atomic E-state index is 0.0151. The fourth-order valence-corrected chi connectivity index (χ4v) is 3.49. The lowest BCUT2D eigenvalue weighted by Gasteiger charge is -2.23. The fourth-order valence-electron chi connectivity index (χ4n) is 3.49. The van der Waals surface area contributed by atoms with Crippen LogP contribution in [0, 0.1) is 11.7 Å². The van der Waals surface area contributed by atoms with Gasteiger partial charge in [0.1, 0.15) is 5.82 Å². The smallest absolute Gasteiger partial charge is 0.315 e. The number of H-pyrrole nitrogens is 1. The van der Waals surface area contributed by atoms with Crippen LogP contribution in [0.25, 0.3) is 22.0 Å². The molecule has 31 heavy (non-hydrogen) atoms. The molecule has 0 saturated carbocycles. The highest BCUT2D eigenvalue weighted by molar-refractivity contribution is 5.87. The number of hydrogen-bond donors (Lipinski definition) is 3. The molecule has 0 aliphatic heterocycles. The van der Waals surface area contributed by atoms with E-state index in [9.17, 15) is 14.0 Å². The van der Waals surface area contributed by atoms with E-state index in [0.29, 0.717) is 23.2 Å². The number of hydrogen-bond acceptors (Lipinski definition) is 3. The Hall–Kier alpha value is -3.19. The molecular weight excluding hydrogens is 395 g/mol. The Morgan fingerprint density at radius 2 is 1.90 bits per heavy atom. The molecule has 3 aromatic rings. The number of carbonyl (C=O) groups is 1. The molecule has 1 aromatic heterocycles. The zero-order chi connectivity index (χ0) is 22.5. The van der Waals surface area contributed by atoms with E-state index in [2.05, 4.69) is 15.6 Å². The predicted octanol–water partition coefficient (Wildman–Crippen LogP) is 3.89. The highest BCUT2D eigenvalue weighted by Crippen LogP contribution is 2.26. The first kappa shape index (κ1) is 22.5. The molecular formula is C24H29FN4O2. The van der Waals surface area contributed by atoms with E-state index < -0.39 is 6.04 Å². The standard InChI is InChI=1S/C24H29FN4O2/c1-15(2)22(28-24(31)26-12-13-29(3)4)18-10-11-21(27-23(18)30)17-9-8-16-6-5-7-20(25)19(16)14-17/h5-11,14-15,22H,12-13H2,1-4H3,(H,27,30)(H2,26,28,31). The molecule has 164 valence electrons. The fraction of sp³-hybridized carbons (Fsp3) is 0.333. The molecule has 0 bridgehead atoms. The Morgan fingerprint density at radius 1 is 1.13 bits per heavy atom. The number of nitrogens with one attached hydrogen (secondary N) is 3. The van der Waals surface area contributed by atoms with Crippen LogP contribution in [0.3, 0.4) is 0 Å². The molecule has 1 atom stereocenters. The summed E-state index contributed by atoms with van der Waals surface area (Å²) in [6.07, 6.45) is 0. The Kier molecular flexibility index (Phi) is 7.07. The van der Waals surface area contributed by atoms with Gasteiger partial charge in [-0.3, -0.25) is 4.79 Å². The van der Waals surface area contributed by atoms with Gasteiger partial charge in [0.25, 0.3) is 5.56 Å². The molecule has 3 rings (SSSR count). The third kappa shape index (κ3) is 5.49. The predicted molar refractivity (Wildman–Crippen MR) is 123 cm³/mol. The van der Waals surface area contributed by atoms with Gasteiger partial charge in [-0.2, -0.15) is 0 Å². The van der Waals surface area contributed by atoms with Gasteiger partial charge in [-0.15, -0.1) is 0 Å². The minimum Gasteiger partial charge on any atom is -0.337 e. The first-order chi connectivity index (χ1) is 14.8. The third-order valence-electron chi connectivity index (χ3n) is 5.21. The summed E-state index contributed by atoms with van der Waals surface area (Å²) in [4.78, 5) is 30.0. The second kappa shape index (κ2) is 9.75. The first-order valence-corrected chi connectivity index (χ1v) is 10.4. The van der Waals surface area contributed by atoms with Gasteiger partial charge in [0.2, 0.25) is 0 Å².